The van der Waals surface area contributed by atoms with E-state index in [4.69, 9.17) is 18.8 Å². The molecule has 1 N–H and O–H groups in total. The smallest absolute Gasteiger partial charge is 0.465 e. The number of carbonyl (C=O) groups excluding carboxylic acids is 2. The fraction of sp³-hybridized carbons (Fsp3) is 0.600. The average molecular weight is 423 g/mol. The van der Waals surface area contributed by atoms with Crippen molar-refractivity contribution in [1.82, 2.24) is 5.32 Å². The van der Waals surface area contributed by atoms with E-state index in [-0.39, 0.29) is 6.54 Å². The summed E-state index contributed by atoms with van der Waals surface area (Å²) in [6.45, 7) is 13.4. The molecule has 2 rings (SSSR count). The lowest BCUT2D eigenvalue weighted by molar-refractivity contribution is 0.00578. The summed E-state index contributed by atoms with van der Waals surface area (Å²) in [6, 6.07) is 3.51. The quantitative estimate of drug-likeness (QED) is 0.568. The van der Waals surface area contributed by atoms with E-state index in [1.165, 1.54) is 18.4 Å². The van der Waals surface area contributed by atoms with E-state index < -0.39 is 36.0 Å². The molecule has 1 aliphatic rings. The minimum absolute atomic E-state index is 0.178. The number of thiophene rings is 1. The maximum Gasteiger partial charge on any atom is 0.492 e. The molecule has 0 saturated carbocycles. The third-order valence-corrected chi connectivity index (χ3v) is 5.75. The summed E-state index contributed by atoms with van der Waals surface area (Å²) in [5.74, 6) is -0.390. The van der Waals surface area contributed by atoms with Crippen molar-refractivity contribution in [3.05, 3.63) is 27.4 Å². The maximum absolute atomic E-state index is 12.1. The Labute approximate surface area is 176 Å². The van der Waals surface area contributed by atoms with Gasteiger partial charge in [-0.3, -0.25) is 0 Å². The second-order valence-corrected chi connectivity index (χ2v) is 9.97. The van der Waals surface area contributed by atoms with Gasteiger partial charge in [-0.1, -0.05) is 0 Å². The van der Waals surface area contributed by atoms with Crippen LogP contribution in [0.1, 0.15) is 63.0 Å². The SMILES string of the molecule is COC(=O)c1ccc(C=C(CNC(=O)OC(C)(C)C)B2OC(C)(C)C(C)(C)O2)s1. The van der Waals surface area contributed by atoms with Gasteiger partial charge in [-0.05, 0) is 72.1 Å². The molecule has 9 heteroatoms. The molecule has 0 aromatic carbocycles. The number of ether oxygens (including phenoxy) is 2. The first-order valence-electron chi connectivity index (χ1n) is 9.45. The highest BCUT2D eigenvalue weighted by atomic mass is 32.1. The number of nitrogens with one attached hydrogen (secondary N) is 1. The number of esters is 1. The predicted octanol–water partition coefficient (Wildman–Crippen LogP) is 4.07. The van der Waals surface area contributed by atoms with E-state index in [9.17, 15) is 9.59 Å². The van der Waals surface area contributed by atoms with E-state index in [1.54, 1.807) is 26.8 Å². The highest BCUT2D eigenvalue weighted by Gasteiger charge is 2.52. The van der Waals surface area contributed by atoms with Gasteiger partial charge in [0.2, 0.25) is 0 Å². The minimum Gasteiger partial charge on any atom is -0.465 e. The molecule has 29 heavy (non-hydrogen) atoms. The Hall–Kier alpha value is -1.84. The third kappa shape index (κ3) is 6.07. The standard InChI is InChI=1S/C20H30BNO6S/c1-18(2,3)26-17(24)22-12-13(21-27-19(4,5)20(6,7)28-21)11-14-9-10-15(29-14)16(23)25-8/h9-11H,12H2,1-8H3,(H,22,24). The normalized spacial score (nSPS) is 18.5. The second-order valence-electron chi connectivity index (χ2n) is 8.86. The van der Waals surface area contributed by atoms with Gasteiger partial charge in [-0.2, -0.15) is 0 Å². The Morgan fingerprint density at radius 1 is 1.17 bits per heavy atom. The molecule has 0 aliphatic carbocycles. The molecule has 0 bridgehead atoms. The van der Waals surface area contributed by atoms with Crippen molar-refractivity contribution < 1.29 is 28.4 Å². The predicted molar refractivity (Wildman–Crippen MR) is 114 cm³/mol. The fourth-order valence-corrected chi connectivity index (χ4v) is 3.41. The van der Waals surface area contributed by atoms with Crippen LogP contribution >= 0.6 is 11.3 Å². The van der Waals surface area contributed by atoms with Crippen LogP contribution in [0.4, 0.5) is 4.79 Å². The molecule has 0 atom stereocenters. The van der Waals surface area contributed by atoms with Gasteiger partial charge < -0.3 is 24.1 Å². The van der Waals surface area contributed by atoms with Gasteiger partial charge >= 0.3 is 19.2 Å². The molecule has 1 saturated heterocycles. The summed E-state index contributed by atoms with van der Waals surface area (Å²) in [4.78, 5) is 25.2. The summed E-state index contributed by atoms with van der Waals surface area (Å²) < 4.78 is 22.4. The number of rotatable bonds is 5. The van der Waals surface area contributed by atoms with Gasteiger partial charge in [0.05, 0.1) is 18.3 Å². The molecule has 7 nitrogen and oxygen atoms in total. The Morgan fingerprint density at radius 2 is 1.76 bits per heavy atom. The van der Waals surface area contributed by atoms with E-state index in [0.717, 1.165) is 4.88 Å². The molecular formula is C20H30BNO6S. The Balaban J connectivity index is 2.25. The topological polar surface area (TPSA) is 83.1 Å². The van der Waals surface area contributed by atoms with Gasteiger partial charge in [0.25, 0.3) is 0 Å². The molecule has 2 heterocycles. The van der Waals surface area contributed by atoms with E-state index in [1.807, 2.05) is 39.8 Å². The fourth-order valence-electron chi connectivity index (χ4n) is 2.51. The third-order valence-electron chi connectivity index (χ3n) is 4.73. The van der Waals surface area contributed by atoms with Crippen LogP contribution in [0.25, 0.3) is 6.08 Å². The lowest BCUT2D eigenvalue weighted by Crippen LogP contribution is -2.41. The van der Waals surface area contributed by atoms with Crippen molar-refractivity contribution in [3.8, 4) is 0 Å². The number of hydrogen-bond acceptors (Lipinski definition) is 7. The van der Waals surface area contributed by atoms with Gasteiger partial charge in [0, 0.05) is 11.4 Å². The maximum atomic E-state index is 12.1. The molecule has 0 unspecified atom stereocenters. The first-order valence-corrected chi connectivity index (χ1v) is 10.3. The Bertz CT molecular complexity index is 777. The van der Waals surface area contributed by atoms with Gasteiger partial charge in [0.15, 0.2) is 0 Å². The molecule has 1 aromatic rings. The number of alkyl carbamates (subject to hydrolysis) is 1. The monoisotopic (exact) mass is 423 g/mol. The molecule has 0 radical (unpaired) electrons. The molecular weight excluding hydrogens is 393 g/mol. The first-order chi connectivity index (χ1) is 13.2. The summed E-state index contributed by atoms with van der Waals surface area (Å²) in [6.07, 6.45) is 1.33. The molecule has 1 amide bonds. The number of amides is 1. The Morgan fingerprint density at radius 3 is 2.28 bits per heavy atom. The number of carbonyl (C=O) groups is 2. The summed E-state index contributed by atoms with van der Waals surface area (Å²) in [5, 5.41) is 2.76. The highest BCUT2D eigenvalue weighted by Crippen LogP contribution is 2.39. The van der Waals surface area contributed by atoms with Gasteiger partial charge in [-0.15, -0.1) is 11.3 Å². The summed E-state index contributed by atoms with van der Waals surface area (Å²) >= 11 is 1.29. The zero-order valence-electron chi connectivity index (χ0n) is 18.4. The minimum atomic E-state index is -0.640. The number of methoxy groups -OCH3 is 1. The molecule has 0 spiro atoms. The van der Waals surface area contributed by atoms with Crippen molar-refractivity contribution in [2.75, 3.05) is 13.7 Å². The largest absolute Gasteiger partial charge is 0.492 e. The zero-order chi connectivity index (χ0) is 22.0. The van der Waals surface area contributed by atoms with Crippen LogP contribution in [0.2, 0.25) is 0 Å². The van der Waals surface area contributed by atoms with E-state index in [2.05, 4.69) is 5.32 Å². The van der Waals surface area contributed by atoms with Gasteiger partial charge in [0.1, 0.15) is 10.5 Å². The lowest BCUT2D eigenvalue weighted by Gasteiger charge is -2.32. The van der Waals surface area contributed by atoms with E-state index >= 15 is 0 Å². The van der Waals surface area contributed by atoms with Crippen molar-refractivity contribution in [2.24, 2.45) is 0 Å². The van der Waals surface area contributed by atoms with Crippen LogP contribution in [-0.2, 0) is 18.8 Å². The first kappa shape index (κ1) is 23.4. The van der Waals surface area contributed by atoms with Crippen molar-refractivity contribution in [3.63, 3.8) is 0 Å². The average Bonchev–Trinajstić information content (AvgIpc) is 3.11. The van der Waals surface area contributed by atoms with Gasteiger partial charge in [-0.25, -0.2) is 9.59 Å². The van der Waals surface area contributed by atoms with Crippen LogP contribution in [0.5, 0.6) is 0 Å². The summed E-state index contributed by atoms with van der Waals surface area (Å²) in [5.41, 5.74) is -0.917. The van der Waals surface area contributed by atoms with Crippen LogP contribution < -0.4 is 5.32 Å². The highest BCUT2D eigenvalue weighted by molar-refractivity contribution is 7.14. The van der Waals surface area contributed by atoms with Crippen molar-refractivity contribution >= 4 is 36.6 Å². The Kier molecular flexibility index (Phi) is 6.87. The number of hydrogen-bond donors (Lipinski definition) is 1. The molecule has 160 valence electrons. The van der Waals surface area contributed by atoms with Crippen LogP contribution in [-0.4, -0.2) is 49.6 Å². The zero-order valence-corrected chi connectivity index (χ0v) is 19.2. The van der Waals surface area contributed by atoms with Crippen molar-refractivity contribution in [1.29, 1.82) is 0 Å². The van der Waals surface area contributed by atoms with Crippen LogP contribution in [0.15, 0.2) is 17.6 Å². The summed E-state index contributed by atoms with van der Waals surface area (Å²) in [7, 11) is 0.705. The molecule has 1 aromatic heterocycles. The molecule has 1 aliphatic heterocycles. The molecule has 1 fully saturated rings. The second kappa shape index (κ2) is 8.49. The van der Waals surface area contributed by atoms with Crippen LogP contribution in [0.3, 0.4) is 0 Å². The van der Waals surface area contributed by atoms with Crippen LogP contribution in [0, 0.1) is 0 Å². The van der Waals surface area contributed by atoms with Crippen molar-refractivity contribution in [2.45, 2.75) is 65.3 Å². The lowest BCUT2D eigenvalue weighted by atomic mass is 9.77. The van der Waals surface area contributed by atoms with E-state index in [0.29, 0.717) is 10.3 Å².